The molecule has 2 aliphatic rings. The molecule has 0 aromatic heterocycles. The van der Waals surface area contributed by atoms with Gasteiger partial charge >= 0.3 is 0 Å². The van der Waals surface area contributed by atoms with Gasteiger partial charge in [0.1, 0.15) is 6.17 Å². The third kappa shape index (κ3) is 1.35. The second kappa shape index (κ2) is 3.41. The van der Waals surface area contributed by atoms with Gasteiger partial charge in [-0.2, -0.15) is 0 Å². The van der Waals surface area contributed by atoms with Crippen LogP contribution in [0.3, 0.4) is 0 Å². The highest BCUT2D eigenvalue weighted by Crippen LogP contribution is 2.27. The monoisotopic (exact) mass is 213 g/mol. The van der Waals surface area contributed by atoms with Gasteiger partial charge in [-0.25, -0.2) is 0 Å². The van der Waals surface area contributed by atoms with E-state index in [2.05, 4.69) is 16.0 Å². The van der Waals surface area contributed by atoms with Crippen molar-refractivity contribution in [2.24, 2.45) is 0 Å². The average molecular weight is 213 g/mol. The predicted octanol–water partition coefficient (Wildman–Crippen LogP) is 1.42. The highest BCUT2D eigenvalue weighted by atomic mass is 16.1. The number of fused-ring (bicyclic) bond motifs is 2. The number of nitrogens with one attached hydrogen (secondary N) is 3. The van der Waals surface area contributed by atoms with Crippen LogP contribution in [0.25, 0.3) is 0 Å². The van der Waals surface area contributed by atoms with Crippen LogP contribution >= 0.6 is 0 Å². The van der Waals surface area contributed by atoms with Gasteiger partial charge < -0.3 is 16.0 Å². The van der Waals surface area contributed by atoms with Crippen molar-refractivity contribution in [3.63, 3.8) is 0 Å². The first-order valence-corrected chi connectivity index (χ1v) is 5.14. The van der Waals surface area contributed by atoms with Gasteiger partial charge in [-0.15, -0.1) is 0 Å². The summed E-state index contributed by atoms with van der Waals surface area (Å²) in [7, 11) is 0. The summed E-state index contributed by atoms with van der Waals surface area (Å²) in [6.07, 6.45) is 5.30. The van der Waals surface area contributed by atoms with Crippen LogP contribution < -0.4 is 16.0 Å². The number of para-hydroxylation sites is 2. The van der Waals surface area contributed by atoms with Crippen molar-refractivity contribution < 1.29 is 4.79 Å². The van der Waals surface area contributed by atoms with E-state index in [0.717, 1.165) is 11.4 Å². The van der Waals surface area contributed by atoms with Crippen molar-refractivity contribution >= 4 is 17.3 Å². The first-order chi connectivity index (χ1) is 7.84. The van der Waals surface area contributed by atoms with Gasteiger partial charge in [-0.3, -0.25) is 4.79 Å². The number of anilines is 2. The zero-order valence-electron chi connectivity index (χ0n) is 8.53. The standard InChI is InChI=1S/C12H11N3O/c16-12-8-4-3-7-13-11(8)14-9-5-1-2-6-10(9)15-12/h1-7,11,13-14H,(H,15,16). The van der Waals surface area contributed by atoms with Crippen LogP contribution in [0.2, 0.25) is 0 Å². The van der Waals surface area contributed by atoms with Gasteiger partial charge in [0.05, 0.1) is 16.9 Å². The number of hydrogen-bond acceptors (Lipinski definition) is 3. The molecule has 1 amide bonds. The molecular formula is C12H11N3O. The van der Waals surface area contributed by atoms with Crippen molar-refractivity contribution in [2.45, 2.75) is 6.17 Å². The summed E-state index contributed by atoms with van der Waals surface area (Å²) in [5.74, 6) is -0.0701. The number of benzene rings is 1. The number of rotatable bonds is 0. The maximum absolute atomic E-state index is 11.9. The number of hydrogen-bond donors (Lipinski definition) is 3. The molecule has 80 valence electrons. The van der Waals surface area contributed by atoms with Gasteiger partial charge in [0, 0.05) is 0 Å². The molecule has 3 N–H and O–H groups in total. The molecule has 0 radical (unpaired) electrons. The molecule has 4 nitrogen and oxygen atoms in total. The fourth-order valence-corrected chi connectivity index (χ4v) is 1.88. The lowest BCUT2D eigenvalue weighted by Crippen LogP contribution is -2.38. The van der Waals surface area contributed by atoms with Gasteiger partial charge in [0.25, 0.3) is 5.91 Å². The van der Waals surface area contributed by atoms with Gasteiger partial charge in [0.2, 0.25) is 0 Å². The van der Waals surface area contributed by atoms with Crippen molar-refractivity contribution in [3.8, 4) is 0 Å². The molecule has 3 rings (SSSR count). The van der Waals surface area contributed by atoms with Gasteiger partial charge in [-0.05, 0) is 30.5 Å². The van der Waals surface area contributed by atoms with E-state index >= 15 is 0 Å². The highest BCUT2D eigenvalue weighted by Gasteiger charge is 2.25. The Morgan fingerprint density at radius 1 is 1.12 bits per heavy atom. The fraction of sp³-hybridized carbons (Fsp3) is 0.0833. The maximum atomic E-state index is 11.9. The van der Waals surface area contributed by atoms with Crippen molar-refractivity contribution in [3.05, 3.63) is 48.2 Å². The van der Waals surface area contributed by atoms with E-state index in [4.69, 9.17) is 0 Å². The lowest BCUT2D eigenvalue weighted by molar-refractivity contribution is -0.113. The van der Waals surface area contributed by atoms with Crippen LogP contribution in [0.4, 0.5) is 11.4 Å². The van der Waals surface area contributed by atoms with Crippen LogP contribution in [-0.2, 0) is 4.79 Å². The van der Waals surface area contributed by atoms with E-state index in [-0.39, 0.29) is 12.1 Å². The van der Waals surface area contributed by atoms with Gasteiger partial charge in [0.15, 0.2) is 0 Å². The number of carbonyl (C=O) groups is 1. The van der Waals surface area contributed by atoms with E-state index in [1.54, 1.807) is 0 Å². The van der Waals surface area contributed by atoms with Crippen LogP contribution in [0, 0.1) is 0 Å². The molecule has 2 aliphatic heterocycles. The summed E-state index contributed by atoms with van der Waals surface area (Å²) in [5, 5.41) is 9.27. The zero-order valence-corrected chi connectivity index (χ0v) is 8.53. The van der Waals surface area contributed by atoms with Crippen LogP contribution in [0.1, 0.15) is 0 Å². The molecule has 0 bridgehead atoms. The number of dihydropyridines is 1. The largest absolute Gasteiger partial charge is 0.368 e. The molecule has 1 aromatic carbocycles. The van der Waals surface area contributed by atoms with Crippen LogP contribution in [-0.4, -0.2) is 12.1 Å². The molecule has 0 saturated carbocycles. The van der Waals surface area contributed by atoms with Crippen molar-refractivity contribution in [2.75, 3.05) is 10.6 Å². The zero-order chi connectivity index (χ0) is 11.0. The second-order valence-corrected chi connectivity index (χ2v) is 3.72. The highest BCUT2D eigenvalue weighted by molar-refractivity contribution is 6.08. The van der Waals surface area contributed by atoms with Crippen LogP contribution in [0.5, 0.6) is 0 Å². The third-order valence-electron chi connectivity index (χ3n) is 2.68. The minimum Gasteiger partial charge on any atom is -0.368 e. The third-order valence-corrected chi connectivity index (χ3v) is 2.68. The predicted molar refractivity (Wildman–Crippen MR) is 62.8 cm³/mol. The fourth-order valence-electron chi connectivity index (χ4n) is 1.88. The van der Waals surface area contributed by atoms with Crippen LogP contribution in [0.15, 0.2) is 48.2 Å². The second-order valence-electron chi connectivity index (χ2n) is 3.72. The number of allylic oxidation sites excluding steroid dienone is 2. The van der Waals surface area contributed by atoms with E-state index < -0.39 is 0 Å². The Morgan fingerprint density at radius 2 is 1.94 bits per heavy atom. The Kier molecular flexibility index (Phi) is 1.93. The SMILES string of the molecule is O=C1Nc2ccccc2NC2NC=CC=C12. The number of amides is 1. The first kappa shape index (κ1) is 9.03. The summed E-state index contributed by atoms with van der Waals surface area (Å²) >= 11 is 0. The summed E-state index contributed by atoms with van der Waals surface area (Å²) < 4.78 is 0. The molecule has 0 saturated heterocycles. The molecule has 0 aliphatic carbocycles. The van der Waals surface area contributed by atoms with Crippen molar-refractivity contribution in [1.29, 1.82) is 0 Å². The molecule has 1 aromatic rings. The maximum Gasteiger partial charge on any atom is 0.255 e. The van der Waals surface area contributed by atoms with Gasteiger partial charge in [-0.1, -0.05) is 12.1 Å². The Labute approximate surface area is 93.0 Å². The van der Waals surface area contributed by atoms with E-state index in [0.29, 0.717) is 5.57 Å². The van der Waals surface area contributed by atoms with E-state index in [1.165, 1.54) is 0 Å². The summed E-state index contributed by atoms with van der Waals surface area (Å²) in [4.78, 5) is 11.9. The molecule has 0 fully saturated rings. The molecule has 1 atom stereocenters. The Bertz CT molecular complexity index is 505. The smallest absolute Gasteiger partial charge is 0.255 e. The van der Waals surface area contributed by atoms with E-state index in [9.17, 15) is 4.79 Å². The molecule has 4 heteroatoms. The minimum absolute atomic E-state index is 0.0701. The Morgan fingerprint density at radius 3 is 2.81 bits per heavy atom. The normalized spacial score (nSPS) is 21.6. The number of carbonyl (C=O) groups excluding carboxylic acids is 1. The minimum atomic E-state index is -0.159. The molecule has 0 spiro atoms. The summed E-state index contributed by atoms with van der Waals surface area (Å²) in [6, 6.07) is 7.66. The lowest BCUT2D eigenvalue weighted by Gasteiger charge is -2.21. The Balaban J connectivity index is 2.06. The molecule has 2 heterocycles. The molecular weight excluding hydrogens is 202 g/mol. The lowest BCUT2D eigenvalue weighted by atomic mass is 10.1. The quantitative estimate of drug-likeness (QED) is 0.611. The average Bonchev–Trinajstić information content (AvgIpc) is 2.45. The topological polar surface area (TPSA) is 53.2 Å². The summed E-state index contributed by atoms with van der Waals surface area (Å²) in [6.45, 7) is 0. The summed E-state index contributed by atoms with van der Waals surface area (Å²) in [5.41, 5.74) is 2.43. The Hall–Kier alpha value is -2.23. The molecule has 1 unspecified atom stereocenters. The molecule has 16 heavy (non-hydrogen) atoms. The van der Waals surface area contributed by atoms with E-state index in [1.807, 2.05) is 42.6 Å². The van der Waals surface area contributed by atoms with Crippen molar-refractivity contribution in [1.82, 2.24) is 5.32 Å². The first-order valence-electron chi connectivity index (χ1n) is 5.14.